The van der Waals surface area contributed by atoms with Crippen molar-refractivity contribution in [3.63, 3.8) is 0 Å². The molecule has 3 rings (SSSR count). The van der Waals surface area contributed by atoms with Crippen molar-refractivity contribution in [1.29, 1.82) is 0 Å². The number of nitrogens with one attached hydrogen (secondary N) is 1. The molecular formula is C15H20ClFIN3. The second-order valence-electron chi connectivity index (χ2n) is 5.47. The Morgan fingerprint density at radius 2 is 2.10 bits per heavy atom. The van der Waals surface area contributed by atoms with E-state index in [0.717, 1.165) is 25.5 Å². The van der Waals surface area contributed by atoms with Gasteiger partial charge in [0, 0.05) is 42.7 Å². The molecule has 0 aromatic heterocycles. The Morgan fingerprint density at radius 3 is 2.71 bits per heavy atom. The predicted octanol–water partition coefficient (Wildman–Crippen LogP) is 3.62. The second kappa shape index (κ2) is 7.13. The summed E-state index contributed by atoms with van der Waals surface area (Å²) in [6.45, 7) is 2.11. The number of aliphatic imine (C=N–C) groups is 1. The number of guanidine groups is 1. The Bertz CT molecular complexity index is 511. The smallest absolute Gasteiger partial charge is 0.193 e. The first-order chi connectivity index (χ1) is 9.70. The fourth-order valence-electron chi connectivity index (χ4n) is 2.93. The highest BCUT2D eigenvalue weighted by Crippen LogP contribution is 2.45. The number of benzene rings is 1. The molecule has 1 aliphatic carbocycles. The van der Waals surface area contributed by atoms with Crippen LogP contribution in [0.5, 0.6) is 0 Å². The molecule has 116 valence electrons. The third-order valence-electron chi connectivity index (χ3n) is 4.09. The average molecular weight is 424 g/mol. The zero-order valence-corrected chi connectivity index (χ0v) is 15.1. The molecule has 3 nitrogen and oxygen atoms in total. The summed E-state index contributed by atoms with van der Waals surface area (Å²) in [6.07, 6.45) is 3.34. The molecule has 0 bridgehead atoms. The Labute approximate surface area is 147 Å². The first-order valence-electron chi connectivity index (χ1n) is 7.13. The molecule has 1 aromatic carbocycles. The average Bonchev–Trinajstić information content (AvgIpc) is 2.96. The molecule has 0 spiro atoms. The minimum absolute atomic E-state index is 0. The van der Waals surface area contributed by atoms with E-state index in [9.17, 15) is 4.39 Å². The standard InChI is InChI=1S/C15H19ClFN3.HI/c1-18-15(20-7-2-3-8-20)19-13-9-10(13)14-11(16)5-4-6-12(14)17;/h4-6,10,13H,2-3,7-9H2,1H3,(H,18,19);1H. The highest BCUT2D eigenvalue weighted by Gasteiger charge is 2.42. The van der Waals surface area contributed by atoms with Gasteiger partial charge >= 0.3 is 0 Å². The number of halogens is 3. The SMILES string of the molecule is CN=C(NC1CC1c1c(F)cccc1Cl)N1CCCC1.I. The minimum atomic E-state index is -0.206. The van der Waals surface area contributed by atoms with E-state index in [4.69, 9.17) is 11.6 Å². The fraction of sp³-hybridized carbons (Fsp3) is 0.533. The van der Waals surface area contributed by atoms with Crippen LogP contribution in [0.2, 0.25) is 5.02 Å². The third-order valence-corrected chi connectivity index (χ3v) is 4.42. The van der Waals surface area contributed by atoms with Crippen molar-refractivity contribution < 1.29 is 4.39 Å². The maximum atomic E-state index is 13.9. The summed E-state index contributed by atoms with van der Waals surface area (Å²) in [7, 11) is 1.80. The predicted molar refractivity (Wildman–Crippen MR) is 95.3 cm³/mol. The molecule has 2 fully saturated rings. The number of hydrogen-bond donors (Lipinski definition) is 1. The molecule has 2 unspecified atom stereocenters. The topological polar surface area (TPSA) is 27.6 Å². The molecule has 1 saturated carbocycles. The first-order valence-corrected chi connectivity index (χ1v) is 7.50. The highest BCUT2D eigenvalue weighted by atomic mass is 127. The normalized spacial score (nSPS) is 24.7. The Kier molecular flexibility index (Phi) is 5.71. The lowest BCUT2D eigenvalue weighted by Crippen LogP contribution is -2.41. The summed E-state index contributed by atoms with van der Waals surface area (Å²) in [5, 5.41) is 3.96. The van der Waals surface area contributed by atoms with Crippen molar-refractivity contribution in [2.45, 2.75) is 31.2 Å². The summed E-state index contributed by atoms with van der Waals surface area (Å²) in [5.41, 5.74) is 0.642. The summed E-state index contributed by atoms with van der Waals surface area (Å²) < 4.78 is 13.9. The van der Waals surface area contributed by atoms with Gasteiger partial charge in [-0.25, -0.2) is 4.39 Å². The lowest BCUT2D eigenvalue weighted by Gasteiger charge is -2.21. The van der Waals surface area contributed by atoms with E-state index in [0.29, 0.717) is 10.6 Å². The van der Waals surface area contributed by atoms with E-state index in [2.05, 4.69) is 15.2 Å². The molecular weight excluding hydrogens is 404 g/mol. The number of hydrogen-bond acceptors (Lipinski definition) is 1. The van der Waals surface area contributed by atoms with E-state index in [-0.39, 0.29) is 41.8 Å². The van der Waals surface area contributed by atoms with Crippen LogP contribution in [0.25, 0.3) is 0 Å². The quantitative estimate of drug-likeness (QED) is 0.447. The van der Waals surface area contributed by atoms with Crippen LogP contribution in [0.1, 0.15) is 30.7 Å². The zero-order chi connectivity index (χ0) is 14.1. The van der Waals surface area contributed by atoms with Gasteiger partial charge in [0.05, 0.1) is 0 Å². The van der Waals surface area contributed by atoms with Crippen LogP contribution in [0.3, 0.4) is 0 Å². The summed E-state index contributed by atoms with van der Waals surface area (Å²) in [6, 6.07) is 5.12. The van der Waals surface area contributed by atoms with Gasteiger partial charge in [-0.2, -0.15) is 0 Å². The van der Waals surface area contributed by atoms with Gasteiger partial charge in [0.1, 0.15) is 5.82 Å². The maximum Gasteiger partial charge on any atom is 0.193 e. The van der Waals surface area contributed by atoms with Crippen molar-refractivity contribution in [3.05, 3.63) is 34.6 Å². The molecule has 2 aliphatic rings. The van der Waals surface area contributed by atoms with E-state index in [1.165, 1.54) is 18.9 Å². The Balaban J connectivity index is 0.00000161. The second-order valence-corrected chi connectivity index (χ2v) is 5.88. The van der Waals surface area contributed by atoms with Gasteiger partial charge in [0.15, 0.2) is 5.96 Å². The number of likely N-dealkylation sites (tertiary alicyclic amines) is 1. The molecule has 1 N–H and O–H groups in total. The van der Waals surface area contributed by atoms with Gasteiger partial charge in [-0.05, 0) is 31.4 Å². The minimum Gasteiger partial charge on any atom is -0.353 e. The van der Waals surface area contributed by atoms with Crippen LogP contribution < -0.4 is 5.32 Å². The van der Waals surface area contributed by atoms with Crippen LogP contribution in [-0.4, -0.2) is 37.0 Å². The molecule has 6 heteroatoms. The van der Waals surface area contributed by atoms with Crippen LogP contribution in [-0.2, 0) is 0 Å². The summed E-state index contributed by atoms with van der Waals surface area (Å²) >= 11 is 6.12. The summed E-state index contributed by atoms with van der Waals surface area (Å²) in [4.78, 5) is 6.59. The van der Waals surface area contributed by atoms with Crippen LogP contribution >= 0.6 is 35.6 Å². The van der Waals surface area contributed by atoms with E-state index in [1.807, 2.05) is 0 Å². The van der Waals surface area contributed by atoms with Gasteiger partial charge in [-0.15, -0.1) is 24.0 Å². The van der Waals surface area contributed by atoms with Crippen molar-refractivity contribution >= 4 is 41.5 Å². The van der Waals surface area contributed by atoms with Gasteiger partial charge < -0.3 is 10.2 Å². The maximum absolute atomic E-state index is 13.9. The van der Waals surface area contributed by atoms with Crippen LogP contribution in [0.4, 0.5) is 4.39 Å². The van der Waals surface area contributed by atoms with Gasteiger partial charge in [-0.1, -0.05) is 17.7 Å². The van der Waals surface area contributed by atoms with Gasteiger partial charge in [0.25, 0.3) is 0 Å². The molecule has 0 radical (unpaired) electrons. The van der Waals surface area contributed by atoms with Crippen LogP contribution in [0, 0.1) is 5.82 Å². The van der Waals surface area contributed by atoms with E-state index < -0.39 is 0 Å². The number of nitrogens with zero attached hydrogens (tertiary/aromatic N) is 2. The lowest BCUT2D eigenvalue weighted by atomic mass is 10.1. The highest BCUT2D eigenvalue weighted by molar-refractivity contribution is 14.0. The summed E-state index contributed by atoms with van der Waals surface area (Å²) in [5.74, 6) is 0.883. The zero-order valence-electron chi connectivity index (χ0n) is 12.0. The van der Waals surface area contributed by atoms with E-state index >= 15 is 0 Å². The van der Waals surface area contributed by atoms with Gasteiger partial charge in [0.2, 0.25) is 0 Å². The third kappa shape index (κ3) is 3.62. The molecule has 21 heavy (non-hydrogen) atoms. The largest absolute Gasteiger partial charge is 0.353 e. The molecule has 1 aromatic rings. The van der Waals surface area contributed by atoms with Crippen molar-refractivity contribution in [3.8, 4) is 0 Å². The molecule has 0 amide bonds. The Hall–Kier alpha value is -0.560. The fourth-order valence-corrected chi connectivity index (χ4v) is 3.23. The van der Waals surface area contributed by atoms with Gasteiger partial charge in [-0.3, -0.25) is 4.99 Å². The van der Waals surface area contributed by atoms with Crippen LogP contribution in [0.15, 0.2) is 23.2 Å². The monoisotopic (exact) mass is 423 g/mol. The van der Waals surface area contributed by atoms with Crippen molar-refractivity contribution in [2.75, 3.05) is 20.1 Å². The molecule has 1 saturated heterocycles. The Morgan fingerprint density at radius 1 is 1.38 bits per heavy atom. The lowest BCUT2D eigenvalue weighted by molar-refractivity contribution is 0.492. The molecule has 1 aliphatic heterocycles. The van der Waals surface area contributed by atoms with Crippen molar-refractivity contribution in [1.82, 2.24) is 10.2 Å². The van der Waals surface area contributed by atoms with E-state index in [1.54, 1.807) is 19.2 Å². The first kappa shape index (κ1) is 16.8. The molecule has 2 atom stereocenters. The number of rotatable bonds is 2. The molecule has 1 heterocycles. The van der Waals surface area contributed by atoms with Crippen molar-refractivity contribution in [2.24, 2.45) is 4.99 Å².